The van der Waals surface area contributed by atoms with Crippen molar-refractivity contribution >= 4 is 11.8 Å². The Morgan fingerprint density at radius 2 is 1.81 bits per heavy atom. The lowest BCUT2D eigenvalue weighted by Gasteiger charge is -2.32. The lowest BCUT2D eigenvalue weighted by molar-refractivity contribution is -0.129. The summed E-state index contributed by atoms with van der Waals surface area (Å²) in [5, 5.41) is 6.08. The SMILES string of the molecule is COc1ccccc1C1(CNC(=O)C(NC(C)=O)C2CCCC2)CCCC1. The Balaban J connectivity index is 1.75. The number of carbonyl (C=O) groups is 2. The van der Waals surface area contributed by atoms with Gasteiger partial charge in [-0.25, -0.2) is 0 Å². The molecule has 2 N–H and O–H groups in total. The molecule has 1 unspecified atom stereocenters. The van der Waals surface area contributed by atoms with Gasteiger partial charge in [0.2, 0.25) is 11.8 Å². The molecule has 5 nitrogen and oxygen atoms in total. The number of carbonyl (C=O) groups excluding carboxylic acids is 2. The molecule has 148 valence electrons. The quantitative estimate of drug-likeness (QED) is 0.771. The van der Waals surface area contributed by atoms with Crippen molar-refractivity contribution in [2.24, 2.45) is 5.92 Å². The van der Waals surface area contributed by atoms with Crippen molar-refractivity contribution < 1.29 is 14.3 Å². The number of para-hydroxylation sites is 1. The number of hydrogen-bond donors (Lipinski definition) is 2. The molecule has 3 rings (SSSR count). The van der Waals surface area contributed by atoms with E-state index in [0.717, 1.165) is 57.1 Å². The molecule has 1 atom stereocenters. The normalized spacial score (nSPS) is 20.2. The summed E-state index contributed by atoms with van der Waals surface area (Å²) in [5.41, 5.74) is 1.10. The molecule has 0 spiro atoms. The first-order chi connectivity index (χ1) is 13.1. The molecule has 0 heterocycles. The highest BCUT2D eigenvalue weighted by Crippen LogP contribution is 2.44. The first-order valence-corrected chi connectivity index (χ1v) is 10.2. The summed E-state index contributed by atoms with van der Waals surface area (Å²) in [6, 6.07) is 7.73. The van der Waals surface area contributed by atoms with Crippen LogP contribution in [0.1, 0.15) is 63.9 Å². The van der Waals surface area contributed by atoms with E-state index in [1.165, 1.54) is 12.5 Å². The zero-order valence-corrected chi connectivity index (χ0v) is 16.6. The topological polar surface area (TPSA) is 67.4 Å². The lowest BCUT2D eigenvalue weighted by Crippen LogP contribution is -2.52. The molecule has 1 aromatic carbocycles. The third-order valence-corrected chi connectivity index (χ3v) is 6.35. The van der Waals surface area contributed by atoms with Gasteiger partial charge in [0.15, 0.2) is 0 Å². The van der Waals surface area contributed by atoms with E-state index in [9.17, 15) is 9.59 Å². The average Bonchev–Trinajstić information content (AvgIpc) is 3.36. The second kappa shape index (κ2) is 8.77. The van der Waals surface area contributed by atoms with Crippen LogP contribution in [0.15, 0.2) is 24.3 Å². The molecule has 2 aliphatic carbocycles. The average molecular weight is 373 g/mol. The van der Waals surface area contributed by atoms with Crippen LogP contribution in [-0.2, 0) is 15.0 Å². The van der Waals surface area contributed by atoms with Crippen LogP contribution in [0.3, 0.4) is 0 Å². The number of ether oxygens (including phenoxy) is 1. The summed E-state index contributed by atoms with van der Waals surface area (Å²) in [7, 11) is 1.70. The largest absolute Gasteiger partial charge is 0.496 e. The Bertz CT molecular complexity index is 661. The lowest BCUT2D eigenvalue weighted by atomic mass is 9.78. The van der Waals surface area contributed by atoms with Crippen molar-refractivity contribution in [2.45, 2.75) is 69.7 Å². The molecule has 2 fully saturated rings. The minimum absolute atomic E-state index is 0.0433. The van der Waals surface area contributed by atoms with E-state index in [1.807, 2.05) is 18.2 Å². The molecule has 1 aromatic rings. The molecule has 0 aliphatic heterocycles. The van der Waals surface area contributed by atoms with Gasteiger partial charge >= 0.3 is 0 Å². The third-order valence-electron chi connectivity index (χ3n) is 6.35. The van der Waals surface area contributed by atoms with Gasteiger partial charge in [-0.05, 0) is 37.7 Å². The number of amides is 2. The standard InChI is InChI=1S/C22H32N2O3/c1-16(25)24-20(17-9-3-4-10-17)21(26)23-15-22(13-7-8-14-22)18-11-5-6-12-19(18)27-2/h5-6,11-12,17,20H,3-4,7-10,13-15H2,1-2H3,(H,23,26)(H,24,25). The summed E-state index contributed by atoms with van der Waals surface area (Å²) in [5.74, 6) is 0.961. The van der Waals surface area contributed by atoms with Crippen LogP contribution in [0.25, 0.3) is 0 Å². The smallest absolute Gasteiger partial charge is 0.242 e. The molecule has 0 saturated heterocycles. The van der Waals surface area contributed by atoms with Gasteiger partial charge in [-0.1, -0.05) is 43.9 Å². The van der Waals surface area contributed by atoms with E-state index in [2.05, 4.69) is 16.7 Å². The molecule has 2 saturated carbocycles. The molecule has 5 heteroatoms. The van der Waals surface area contributed by atoms with Crippen LogP contribution in [0.5, 0.6) is 5.75 Å². The Kier molecular flexibility index (Phi) is 6.40. The summed E-state index contributed by atoms with van der Waals surface area (Å²) in [6.07, 6.45) is 8.70. The summed E-state index contributed by atoms with van der Waals surface area (Å²) < 4.78 is 5.60. The fraction of sp³-hybridized carbons (Fsp3) is 0.636. The first kappa shape index (κ1) is 19.7. The van der Waals surface area contributed by atoms with E-state index in [-0.39, 0.29) is 23.1 Å². The molecule has 2 aliphatic rings. The van der Waals surface area contributed by atoms with Gasteiger partial charge in [0.05, 0.1) is 7.11 Å². The van der Waals surface area contributed by atoms with Crippen LogP contribution in [0.2, 0.25) is 0 Å². The molecule has 27 heavy (non-hydrogen) atoms. The highest BCUT2D eigenvalue weighted by atomic mass is 16.5. The Morgan fingerprint density at radius 3 is 2.44 bits per heavy atom. The molecule has 0 aromatic heterocycles. The predicted molar refractivity (Wildman–Crippen MR) is 106 cm³/mol. The summed E-state index contributed by atoms with van der Waals surface area (Å²) in [4.78, 5) is 24.6. The maximum Gasteiger partial charge on any atom is 0.242 e. The minimum Gasteiger partial charge on any atom is -0.496 e. The number of hydrogen-bond acceptors (Lipinski definition) is 3. The summed E-state index contributed by atoms with van der Waals surface area (Å²) in [6.45, 7) is 2.08. The van der Waals surface area contributed by atoms with Crippen LogP contribution in [-0.4, -0.2) is 31.5 Å². The summed E-state index contributed by atoms with van der Waals surface area (Å²) >= 11 is 0. The number of methoxy groups -OCH3 is 1. The fourth-order valence-corrected chi connectivity index (χ4v) is 4.95. The van der Waals surface area contributed by atoms with Crippen molar-refractivity contribution in [2.75, 3.05) is 13.7 Å². The van der Waals surface area contributed by atoms with E-state index < -0.39 is 6.04 Å². The molecular formula is C22H32N2O3. The maximum absolute atomic E-state index is 13.0. The van der Waals surface area contributed by atoms with Crippen molar-refractivity contribution in [1.29, 1.82) is 0 Å². The second-order valence-corrected chi connectivity index (χ2v) is 8.13. The van der Waals surface area contributed by atoms with Gasteiger partial charge in [0.1, 0.15) is 11.8 Å². The monoisotopic (exact) mass is 372 g/mol. The predicted octanol–water partition coefficient (Wildman–Crippen LogP) is 3.32. The van der Waals surface area contributed by atoms with Crippen LogP contribution >= 0.6 is 0 Å². The van der Waals surface area contributed by atoms with E-state index in [0.29, 0.717) is 6.54 Å². The zero-order valence-electron chi connectivity index (χ0n) is 16.6. The van der Waals surface area contributed by atoms with Crippen LogP contribution in [0.4, 0.5) is 0 Å². The van der Waals surface area contributed by atoms with Crippen LogP contribution in [0, 0.1) is 5.92 Å². The van der Waals surface area contributed by atoms with E-state index in [4.69, 9.17) is 4.74 Å². The van der Waals surface area contributed by atoms with E-state index >= 15 is 0 Å². The molecule has 2 amide bonds. The zero-order chi connectivity index (χ0) is 19.3. The fourth-order valence-electron chi connectivity index (χ4n) is 4.95. The number of rotatable bonds is 7. The highest BCUT2D eigenvalue weighted by Gasteiger charge is 2.39. The van der Waals surface area contributed by atoms with Gasteiger partial charge in [-0.15, -0.1) is 0 Å². The Morgan fingerprint density at radius 1 is 1.15 bits per heavy atom. The van der Waals surface area contributed by atoms with Gasteiger partial charge in [-0.3, -0.25) is 9.59 Å². The molecular weight excluding hydrogens is 340 g/mol. The first-order valence-electron chi connectivity index (χ1n) is 10.2. The number of nitrogens with one attached hydrogen (secondary N) is 2. The van der Waals surface area contributed by atoms with E-state index in [1.54, 1.807) is 7.11 Å². The van der Waals surface area contributed by atoms with Crippen molar-refractivity contribution in [1.82, 2.24) is 10.6 Å². The Hall–Kier alpha value is -2.04. The van der Waals surface area contributed by atoms with Crippen molar-refractivity contribution in [3.8, 4) is 5.75 Å². The third kappa shape index (κ3) is 4.45. The van der Waals surface area contributed by atoms with Gasteiger partial charge in [0, 0.05) is 24.4 Å². The van der Waals surface area contributed by atoms with Crippen molar-refractivity contribution in [3.63, 3.8) is 0 Å². The second-order valence-electron chi connectivity index (χ2n) is 8.13. The van der Waals surface area contributed by atoms with Crippen LogP contribution < -0.4 is 15.4 Å². The van der Waals surface area contributed by atoms with Gasteiger partial charge < -0.3 is 15.4 Å². The minimum atomic E-state index is -0.416. The van der Waals surface area contributed by atoms with Crippen molar-refractivity contribution in [3.05, 3.63) is 29.8 Å². The molecule has 0 radical (unpaired) electrons. The number of benzene rings is 1. The highest BCUT2D eigenvalue weighted by molar-refractivity contribution is 5.87. The Labute approximate surface area is 162 Å². The van der Waals surface area contributed by atoms with Gasteiger partial charge in [-0.2, -0.15) is 0 Å². The molecule has 0 bridgehead atoms. The van der Waals surface area contributed by atoms with Gasteiger partial charge in [0.25, 0.3) is 0 Å². The maximum atomic E-state index is 13.0.